The Labute approximate surface area is 166 Å². The zero-order valence-corrected chi connectivity index (χ0v) is 15.8. The number of nitrogen functional groups attached to an aromatic ring is 1. The number of aromatic nitrogens is 3. The van der Waals surface area contributed by atoms with E-state index in [0.29, 0.717) is 22.3 Å². The number of alkyl halides is 2. The molecule has 1 aromatic heterocycles. The number of hydrogen-bond donors (Lipinski definition) is 2. The van der Waals surface area contributed by atoms with Gasteiger partial charge in [-0.25, -0.2) is 9.07 Å². The topological polar surface area (TPSA) is 85.8 Å². The van der Waals surface area contributed by atoms with E-state index in [-0.39, 0.29) is 28.2 Å². The molecule has 6 nitrogen and oxygen atoms in total. The highest BCUT2D eigenvalue weighted by Gasteiger charge is 2.16. The van der Waals surface area contributed by atoms with Crippen molar-refractivity contribution in [2.45, 2.75) is 15.8 Å². The second kappa shape index (κ2) is 9.02. The van der Waals surface area contributed by atoms with Crippen LogP contribution in [-0.2, 0) is 4.79 Å². The Kier molecular flexibility index (Phi) is 6.47. The van der Waals surface area contributed by atoms with Crippen LogP contribution in [-0.4, -0.2) is 32.3 Å². The molecule has 0 spiro atoms. The van der Waals surface area contributed by atoms with Gasteiger partial charge in [0.25, 0.3) is 5.76 Å². The molecule has 28 heavy (non-hydrogen) atoms. The maximum atomic E-state index is 13.9. The molecule has 3 aromatic rings. The van der Waals surface area contributed by atoms with Gasteiger partial charge in [0.05, 0.1) is 11.3 Å². The van der Waals surface area contributed by atoms with Crippen LogP contribution in [0.1, 0.15) is 0 Å². The monoisotopic (exact) mass is 425 g/mol. The Morgan fingerprint density at radius 2 is 1.86 bits per heavy atom. The number of halogens is 3. The summed E-state index contributed by atoms with van der Waals surface area (Å²) in [5, 5.41) is 10.6. The Balaban J connectivity index is 1.59. The summed E-state index contributed by atoms with van der Waals surface area (Å²) in [6.07, 6.45) is 0. The second-order valence-corrected chi connectivity index (χ2v) is 7.40. The normalized spacial score (nSPS) is 11.0. The van der Waals surface area contributed by atoms with Gasteiger partial charge in [0.15, 0.2) is 5.82 Å². The van der Waals surface area contributed by atoms with E-state index < -0.39 is 11.6 Å². The SMILES string of the molecule is Nn1c(SCC(=O)Nc2ccc(SC(F)F)cc2)nnc1-c1ccccc1F. The number of nitrogens with one attached hydrogen (secondary N) is 1. The summed E-state index contributed by atoms with van der Waals surface area (Å²) in [6.45, 7) is 0. The smallest absolute Gasteiger partial charge is 0.288 e. The third-order valence-corrected chi connectivity index (χ3v) is 5.14. The van der Waals surface area contributed by atoms with Crippen LogP contribution in [0.15, 0.2) is 58.6 Å². The first-order chi connectivity index (χ1) is 13.4. The molecule has 3 N–H and O–H groups in total. The first kappa shape index (κ1) is 20.1. The van der Waals surface area contributed by atoms with Crippen LogP contribution in [0.2, 0.25) is 0 Å². The van der Waals surface area contributed by atoms with E-state index >= 15 is 0 Å². The zero-order chi connectivity index (χ0) is 20.1. The lowest BCUT2D eigenvalue weighted by Crippen LogP contribution is -2.16. The van der Waals surface area contributed by atoms with Crippen molar-refractivity contribution in [2.24, 2.45) is 0 Å². The van der Waals surface area contributed by atoms with E-state index in [4.69, 9.17) is 5.84 Å². The predicted molar refractivity (Wildman–Crippen MR) is 103 cm³/mol. The van der Waals surface area contributed by atoms with Gasteiger partial charge in [0.2, 0.25) is 11.1 Å². The molecule has 0 aliphatic rings. The Morgan fingerprint density at radius 3 is 2.54 bits per heavy atom. The average molecular weight is 425 g/mol. The third kappa shape index (κ3) is 4.98. The molecular weight excluding hydrogens is 411 g/mol. The number of benzene rings is 2. The molecule has 0 atom stereocenters. The lowest BCUT2D eigenvalue weighted by Gasteiger charge is -2.07. The number of thioether (sulfide) groups is 2. The molecule has 0 aliphatic carbocycles. The molecule has 0 bridgehead atoms. The molecule has 1 amide bonds. The second-order valence-electron chi connectivity index (χ2n) is 5.40. The van der Waals surface area contributed by atoms with Crippen LogP contribution in [0.25, 0.3) is 11.4 Å². The summed E-state index contributed by atoms with van der Waals surface area (Å²) < 4.78 is 39.6. The van der Waals surface area contributed by atoms with Crippen LogP contribution in [0.4, 0.5) is 18.9 Å². The number of carbonyl (C=O) groups is 1. The highest BCUT2D eigenvalue weighted by atomic mass is 32.2. The van der Waals surface area contributed by atoms with Gasteiger partial charge < -0.3 is 11.2 Å². The van der Waals surface area contributed by atoms with Gasteiger partial charge in [-0.2, -0.15) is 8.78 Å². The van der Waals surface area contributed by atoms with Crippen molar-refractivity contribution in [3.63, 3.8) is 0 Å². The predicted octanol–water partition coefficient (Wildman–Crippen LogP) is 3.84. The number of carbonyl (C=O) groups excluding carboxylic acids is 1. The molecule has 3 rings (SSSR count). The fourth-order valence-corrected chi connectivity index (χ4v) is 3.40. The van der Waals surface area contributed by atoms with E-state index in [1.165, 1.54) is 36.4 Å². The summed E-state index contributed by atoms with van der Waals surface area (Å²) in [6, 6.07) is 12.1. The minimum absolute atomic E-state index is 0.0137. The number of nitrogens with two attached hydrogens (primary N) is 1. The van der Waals surface area contributed by atoms with Crippen LogP contribution < -0.4 is 11.2 Å². The highest BCUT2D eigenvalue weighted by Crippen LogP contribution is 2.27. The van der Waals surface area contributed by atoms with Crippen molar-refractivity contribution in [1.82, 2.24) is 14.9 Å². The summed E-state index contributed by atoms with van der Waals surface area (Å²) in [4.78, 5) is 12.5. The van der Waals surface area contributed by atoms with Crippen LogP contribution in [0, 0.1) is 5.82 Å². The Bertz CT molecular complexity index is 966. The molecule has 0 saturated carbocycles. The van der Waals surface area contributed by atoms with E-state index in [2.05, 4.69) is 15.5 Å². The molecule has 1 heterocycles. The van der Waals surface area contributed by atoms with Gasteiger partial charge in [-0.3, -0.25) is 4.79 Å². The van der Waals surface area contributed by atoms with Gasteiger partial charge in [0, 0.05) is 10.6 Å². The van der Waals surface area contributed by atoms with E-state index in [1.807, 2.05) is 0 Å². The first-order valence-corrected chi connectivity index (χ1v) is 9.73. The van der Waals surface area contributed by atoms with Crippen molar-refractivity contribution in [3.8, 4) is 11.4 Å². The van der Waals surface area contributed by atoms with Gasteiger partial charge in [0.1, 0.15) is 5.82 Å². The number of rotatable bonds is 7. The maximum absolute atomic E-state index is 13.9. The van der Waals surface area contributed by atoms with Crippen LogP contribution in [0.5, 0.6) is 0 Å². The molecule has 0 radical (unpaired) electrons. The summed E-state index contributed by atoms with van der Waals surface area (Å²) in [7, 11) is 0. The van der Waals surface area contributed by atoms with Crippen LogP contribution >= 0.6 is 23.5 Å². The fourth-order valence-electron chi connectivity index (χ4n) is 2.25. The van der Waals surface area contributed by atoms with Crippen molar-refractivity contribution >= 4 is 35.1 Å². The lowest BCUT2D eigenvalue weighted by atomic mass is 10.2. The van der Waals surface area contributed by atoms with Crippen molar-refractivity contribution in [3.05, 3.63) is 54.3 Å². The molecule has 0 fully saturated rings. The Morgan fingerprint density at radius 1 is 1.14 bits per heavy atom. The number of amides is 1. The molecule has 0 aliphatic heterocycles. The van der Waals surface area contributed by atoms with Crippen molar-refractivity contribution < 1.29 is 18.0 Å². The van der Waals surface area contributed by atoms with E-state index in [1.54, 1.807) is 12.1 Å². The summed E-state index contributed by atoms with van der Waals surface area (Å²) >= 11 is 1.46. The van der Waals surface area contributed by atoms with Gasteiger partial charge in [-0.1, -0.05) is 35.7 Å². The number of nitrogens with zero attached hydrogens (tertiary/aromatic N) is 3. The third-order valence-electron chi connectivity index (χ3n) is 3.47. The standard InChI is InChI=1S/C17H14F3N5OS2/c18-13-4-2-1-3-12(13)15-23-24-17(25(15)21)27-9-14(26)22-10-5-7-11(8-6-10)28-16(19)20/h1-8,16H,9,21H2,(H,22,26). The first-order valence-electron chi connectivity index (χ1n) is 7.87. The van der Waals surface area contributed by atoms with Crippen molar-refractivity contribution in [1.29, 1.82) is 0 Å². The largest absolute Gasteiger partial charge is 0.335 e. The van der Waals surface area contributed by atoms with Gasteiger partial charge >= 0.3 is 0 Å². The van der Waals surface area contributed by atoms with Gasteiger partial charge in [-0.15, -0.1) is 10.2 Å². The number of anilines is 1. The quantitative estimate of drug-likeness (QED) is 0.442. The molecular formula is C17H14F3N5OS2. The van der Waals surface area contributed by atoms with Crippen molar-refractivity contribution in [2.75, 3.05) is 16.9 Å². The molecule has 0 unspecified atom stereocenters. The lowest BCUT2D eigenvalue weighted by molar-refractivity contribution is -0.113. The average Bonchev–Trinajstić information content (AvgIpc) is 3.02. The van der Waals surface area contributed by atoms with E-state index in [9.17, 15) is 18.0 Å². The molecule has 11 heteroatoms. The summed E-state index contributed by atoms with van der Waals surface area (Å²) in [5.74, 6) is 2.72. The Hall–Kier alpha value is -2.66. The van der Waals surface area contributed by atoms with E-state index in [0.717, 1.165) is 16.4 Å². The molecule has 0 saturated heterocycles. The highest BCUT2D eigenvalue weighted by molar-refractivity contribution is 8.00. The zero-order valence-electron chi connectivity index (χ0n) is 14.2. The van der Waals surface area contributed by atoms with Gasteiger partial charge in [-0.05, 0) is 36.4 Å². The maximum Gasteiger partial charge on any atom is 0.288 e. The minimum atomic E-state index is -2.50. The summed E-state index contributed by atoms with van der Waals surface area (Å²) in [5.41, 5.74) is 0.682. The minimum Gasteiger partial charge on any atom is -0.335 e. The molecule has 146 valence electrons. The molecule has 2 aromatic carbocycles. The fraction of sp³-hybridized carbons (Fsp3) is 0.118. The van der Waals surface area contributed by atoms with Crippen LogP contribution in [0.3, 0.4) is 0 Å². The number of hydrogen-bond acceptors (Lipinski definition) is 6.